The Morgan fingerprint density at radius 2 is 2.11 bits per heavy atom. The van der Waals surface area contributed by atoms with Crippen LogP contribution in [0.15, 0.2) is 18.3 Å². The van der Waals surface area contributed by atoms with Crippen molar-refractivity contribution in [3.63, 3.8) is 0 Å². The van der Waals surface area contributed by atoms with Crippen molar-refractivity contribution in [3.8, 4) is 11.5 Å². The summed E-state index contributed by atoms with van der Waals surface area (Å²) in [5.41, 5.74) is 1.85. The van der Waals surface area contributed by atoms with E-state index in [-0.39, 0.29) is 5.95 Å². The Hall–Kier alpha value is -2.84. The van der Waals surface area contributed by atoms with Crippen molar-refractivity contribution in [2.45, 2.75) is 6.92 Å². The summed E-state index contributed by atoms with van der Waals surface area (Å²) >= 11 is 0. The predicted octanol–water partition coefficient (Wildman–Crippen LogP) is 0.741. The molecule has 0 bridgehead atoms. The fourth-order valence-corrected chi connectivity index (χ4v) is 1.82. The molecule has 0 aliphatic rings. The molecule has 0 unspecified atom stereocenters. The monoisotopic (exact) mass is 259 g/mol. The van der Waals surface area contributed by atoms with Gasteiger partial charge in [0.2, 0.25) is 5.82 Å². The predicted molar refractivity (Wildman–Crippen MR) is 64.4 cm³/mol. The summed E-state index contributed by atoms with van der Waals surface area (Å²) in [6.45, 7) is 1.84. The van der Waals surface area contributed by atoms with E-state index in [1.54, 1.807) is 13.1 Å². The molecule has 19 heavy (non-hydrogen) atoms. The maximum absolute atomic E-state index is 10.8. The average Bonchev–Trinajstić information content (AvgIpc) is 2.92. The lowest BCUT2D eigenvalue weighted by Crippen LogP contribution is -2.03. The Morgan fingerprint density at radius 1 is 1.32 bits per heavy atom. The average molecular weight is 259 g/mol. The second-order valence-corrected chi connectivity index (χ2v) is 4.03. The van der Waals surface area contributed by atoms with Gasteiger partial charge in [-0.05, 0) is 24.0 Å². The van der Waals surface area contributed by atoms with E-state index in [4.69, 9.17) is 0 Å². The number of aromatic nitrogens is 6. The van der Waals surface area contributed by atoms with Gasteiger partial charge in [-0.3, -0.25) is 0 Å². The van der Waals surface area contributed by atoms with Crippen LogP contribution in [0.2, 0.25) is 0 Å². The third kappa shape index (κ3) is 1.63. The van der Waals surface area contributed by atoms with Crippen LogP contribution in [-0.2, 0) is 7.05 Å². The maximum atomic E-state index is 10.8. The van der Waals surface area contributed by atoms with E-state index in [0.29, 0.717) is 17.2 Å². The fraction of sp³-hybridized carbons (Fsp3) is 0.200. The third-order valence-corrected chi connectivity index (χ3v) is 2.75. The Morgan fingerprint density at radius 3 is 2.79 bits per heavy atom. The highest BCUT2D eigenvalue weighted by atomic mass is 16.6. The van der Waals surface area contributed by atoms with Crippen LogP contribution in [0.5, 0.6) is 0 Å². The van der Waals surface area contributed by atoms with E-state index in [0.717, 1.165) is 5.69 Å². The number of nitro groups is 1. The van der Waals surface area contributed by atoms with Gasteiger partial charge >= 0.3 is 5.95 Å². The molecule has 0 radical (unpaired) electrons. The summed E-state index contributed by atoms with van der Waals surface area (Å²) in [7, 11) is 1.55. The van der Waals surface area contributed by atoms with Crippen LogP contribution < -0.4 is 0 Å². The van der Waals surface area contributed by atoms with Crippen molar-refractivity contribution < 1.29 is 4.92 Å². The highest BCUT2D eigenvalue weighted by Crippen LogP contribution is 2.21. The first-order chi connectivity index (χ1) is 9.08. The first kappa shape index (κ1) is 11.3. The summed E-state index contributed by atoms with van der Waals surface area (Å²) in [6, 6.07) is 3.60. The Bertz CT molecular complexity index is 788. The summed E-state index contributed by atoms with van der Waals surface area (Å²) in [5.74, 6) is 0.168. The molecule has 3 heterocycles. The Balaban J connectivity index is 2.25. The van der Waals surface area contributed by atoms with Gasteiger partial charge in [0.25, 0.3) is 0 Å². The molecule has 3 aromatic heterocycles. The Labute approximate surface area is 106 Å². The van der Waals surface area contributed by atoms with Gasteiger partial charge in [-0.25, -0.2) is 4.57 Å². The lowest BCUT2D eigenvalue weighted by atomic mass is 10.4. The lowest BCUT2D eigenvalue weighted by Gasteiger charge is -1.99. The van der Waals surface area contributed by atoms with Crippen molar-refractivity contribution in [3.05, 3.63) is 34.1 Å². The second-order valence-electron chi connectivity index (χ2n) is 4.03. The largest absolute Gasteiger partial charge is 0.434 e. The molecule has 3 rings (SSSR count). The molecule has 0 aromatic carbocycles. The number of fused-ring (bicyclic) bond motifs is 1. The zero-order chi connectivity index (χ0) is 13.6. The van der Waals surface area contributed by atoms with Crippen LogP contribution in [0, 0.1) is 17.0 Å². The fourth-order valence-electron chi connectivity index (χ4n) is 1.82. The van der Waals surface area contributed by atoms with E-state index in [9.17, 15) is 10.1 Å². The number of hydrogen-bond acceptors (Lipinski definition) is 6. The normalized spacial score (nSPS) is 11.1. The summed E-state index contributed by atoms with van der Waals surface area (Å²) in [5, 5.41) is 23.1. The van der Waals surface area contributed by atoms with Crippen LogP contribution >= 0.6 is 0 Å². The number of hydrogen-bond donors (Lipinski definition) is 0. The molecule has 0 amide bonds. The van der Waals surface area contributed by atoms with Gasteiger partial charge in [-0.2, -0.15) is 9.61 Å². The molecule has 9 nitrogen and oxygen atoms in total. The summed E-state index contributed by atoms with van der Waals surface area (Å²) in [6.07, 6.45) is 1.39. The van der Waals surface area contributed by atoms with E-state index < -0.39 is 4.92 Å². The van der Waals surface area contributed by atoms with Crippen molar-refractivity contribution in [1.29, 1.82) is 0 Å². The number of aryl methyl sites for hydroxylation is 1. The highest BCUT2D eigenvalue weighted by Gasteiger charge is 2.22. The van der Waals surface area contributed by atoms with Gasteiger partial charge in [-0.1, -0.05) is 4.98 Å². The van der Waals surface area contributed by atoms with Gasteiger partial charge in [0.15, 0.2) is 11.3 Å². The molecule has 0 aliphatic carbocycles. The van der Waals surface area contributed by atoms with Crippen LogP contribution in [0.25, 0.3) is 17.2 Å². The van der Waals surface area contributed by atoms with E-state index in [2.05, 4.69) is 20.3 Å². The van der Waals surface area contributed by atoms with Crippen LogP contribution in [0.3, 0.4) is 0 Å². The van der Waals surface area contributed by atoms with E-state index in [1.165, 1.54) is 15.3 Å². The molecule has 0 spiro atoms. The highest BCUT2D eigenvalue weighted by molar-refractivity contribution is 5.55. The molecule has 0 atom stereocenters. The molecule has 96 valence electrons. The third-order valence-electron chi connectivity index (χ3n) is 2.75. The zero-order valence-electron chi connectivity index (χ0n) is 10.2. The minimum Gasteiger partial charge on any atom is -0.390 e. The van der Waals surface area contributed by atoms with Gasteiger partial charge in [-0.15, -0.1) is 10.2 Å². The van der Waals surface area contributed by atoms with Crippen molar-refractivity contribution in [1.82, 2.24) is 29.4 Å². The zero-order valence-corrected chi connectivity index (χ0v) is 10.2. The minimum absolute atomic E-state index is 0.251. The van der Waals surface area contributed by atoms with Crippen molar-refractivity contribution >= 4 is 11.6 Å². The quantitative estimate of drug-likeness (QED) is 0.496. The molecule has 9 heteroatoms. The molecular formula is C10H9N7O2. The first-order valence-electron chi connectivity index (χ1n) is 5.43. The van der Waals surface area contributed by atoms with Gasteiger partial charge in [0, 0.05) is 0 Å². The number of imidazole rings is 1. The Kier molecular flexibility index (Phi) is 2.27. The van der Waals surface area contributed by atoms with Gasteiger partial charge in [0.1, 0.15) is 6.20 Å². The van der Waals surface area contributed by atoms with Gasteiger partial charge in [0.05, 0.1) is 12.7 Å². The number of nitrogens with zero attached hydrogens (tertiary/aromatic N) is 7. The minimum atomic E-state index is -0.550. The van der Waals surface area contributed by atoms with Crippen LogP contribution in [0.4, 0.5) is 5.95 Å². The van der Waals surface area contributed by atoms with Crippen LogP contribution in [0.1, 0.15) is 5.69 Å². The molecule has 0 fully saturated rings. The van der Waals surface area contributed by atoms with Crippen molar-refractivity contribution in [2.75, 3.05) is 0 Å². The molecule has 0 saturated carbocycles. The maximum Gasteiger partial charge on any atom is 0.434 e. The summed E-state index contributed by atoms with van der Waals surface area (Å²) in [4.78, 5) is 14.0. The first-order valence-corrected chi connectivity index (χ1v) is 5.43. The number of rotatable bonds is 2. The van der Waals surface area contributed by atoms with E-state index in [1.807, 2.05) is 13.0 Å². The molecule has 0 N–H and O–H groups in total. The molecule has 0 aliphatic heterocycles. The topological polar surface area (TPSA) is 104 Å². The lowest BCUT2D eigenvalue weighted by molar-refractivity contribution is -0.396. The van der Waals surface area contributed by atoms with Crippen LogP contribution in [-0.4, -0.2) is 34.3 Å². The second kappa shape index (κ2) is 3.83. The molecule has 0 saturated heterocycles. The molecule has 3 aromatic rings. The van der Waals surface area contributed by atoms with Crippen molar-refractivity contribution in [2.24, 2.45) is 7.05 Å². The molecular weight excluding hydrogens is 250 g/mol. The smallest absolute Gasteiger partial charge is 0.390 e. The van der Waals surface area contributed by atoms with Gasteiger partial charge < -0.3 is 10.1 Å². The van der Waals surface area contributed by atoms with E-state index >= 15 is 0 Å². The standard InChI is InChI=1S/C10H9N7O2/c1-6-3-4-8-12-13-9(16(8)14-6)7-5-11-10(15(7)2)17(18)19/h3-5H,1-2H3. The SMILES string of the molecule is Cc1ccc2nnc(-c3cnc([N+](=O)[O-])n3C)n2n1. The summed E-state index contributed by atoms with van der Waals surface area (Å²) < 4.78 is 2.89.